The van der Waals surface area contributed by atoms with Gasteiger partial charge in [0.2, 0.25) is 0 Å². The number of hydrogen-bond acceptors (Lipinski definition) is 11. The van der Waals surface area contributed by atoms with Gasteiger partial charge in [0.05, 0.1) is 18.1 Å². The minimum Gasteiger partial charge on any atom is -0.386 e. The number of aryl methyl sites for hydroxylation is 1. The fourth-order valence-corrected chi connectivity index (χ4v) is 7.77. The monoisotopic (exact) mass is 638 g/mol. The van der Waals surface area contributed by atoms with Crippen LogP contribution in [0, 0.1) is 12.8 Å². The number of unbranched alkanes of at least 4 members (excludes halogenated alkanes) is 1. The zero-order chi connectivity index (χ0) is 30.4. The van der Waals surface area contributed by atoms with Crippen molar-refractivity contribution >= 4 is 33.9 Å². The van der Waals surface area contributed by atoms with Crippen LogP contribution < -0.4 is 0 Å². The molecule has 0 radical (unpaired) electrons. The van der Waals surface area contributed by atoms with Crippen molar-refractivity contribution in [2.24, 2.45) is 5.92 Å². The smallest absolute Gasteiger partial charge is 0.296 e. The zero-order valence-electron chi connectivity index (χ0n) is 25.5. The molecule has 0 bridgehead atoms. The summed E-state index contributed by atoms with van der Waals surface area (Å²) in [5, 5.41) is 11.9. The summed E-state index contributed by atoms with van der Waals surface area (Å²) in [6, 6.07) is 6.61. The summed E-state index contributed by atoms with van der Waals surface area (Å²) in [4.78, 5) is -0.764. The van der Waals surface area contributed by atoms with E-state index in [0.29, 0.717) is 38.9 Å². The highest BCUT2D eigenvalue weighted by molar-refractivity contribution is 8.00. The van der Waals surface area contributed by atoms with Gasteiger partial charge < -0.3 is 24.1 Å². The van der Waals surface area contributed by atoms with E-state index in [1.807, 2.05) is 27.7 Å². The Kier molecular flexibility index (Phi) is 16.5. The Balaban J connectivity index is 1.99. The van der Waals surface area contributed by atoms with Gasteiger partial charge in [0.15, 0.2) is 6.29 Å². The van der Waals surface area contributed by atoms with Crippen molar-refractivity contribution in [2.45, 2.75) is 108 Å². The molecule has 1 fully saturated rings. The predicted octanol–water partition coefficient (Wildman–Crippen LogP) is 6.27. The lowest BCUT2D eigenvalue weighted by Gasteiger charge is -2.46. The number of thioether (sulfide) groups is 1. The van der Waals surface area contributed by atoms with Crippen LogP contribution in [0.1, 0.15) is 78.2 Å². The Morgan fingerprint density at radius 3 is 2.59 bits per heavy atom. The molecule has 41 heavy (non-hydrogen) atoms. The van der Waals surface area contributed by atoms with E-state index in [1.165, 1.54) is 12.0 Å². The number of benzene rings is 1. The second-order valence-corrected chi connectivity index (χ2v) is 14.5. The molecule has 238 valence electrons. The molecule has 0 amide bonds. The summed E-state index contributed by atoms with van der Waals surface area (Å²) in [6.07, 6.45) is 4.23. The molecule has 1 aliphatic heterocycles. The fourth-order valence-electron chi connectivity index (χ4n) is 4.54. The third kappa shape index (κ3) is 12.6. The first kappa shape index (κ1) is 36.8. The number of ether oxygens (including phenoxy) is 4. The van der Waals surface area contributed by atoms with Gasteiger partial charge in [-0.3, -0.25) is 8.37 Å². The van der Waals surface area contributed by atoms with Gasteiger partial charge in [-0.1, -0.05) is 31.0 Å². The summed E-state index contributed by atoms with van der Waals surface area (Å²) in [6.45, 7) is 9.97. The topological polar surface area (TPSA) is 110 Å². The molecule has 1 aliphatic rings. The van der Waals surface area contributed by atoms with Crippen molar-refractivity contribution in [1.29, 1.82) is 0 Å². The van der Waals surface area contributed by atoms with Gasteiger partial charge in [-0.05, 0) is 102 Å². The normalized spacial score (nSPS) is 23.6. The third-order valence-corrected chi connectivity index (χ3v) is 10.8. The van der Waals surface area contributed by atoms with Crippen LogP contribution in [0.4, 0.5) is 0 Å². The van der Waals surface area contributed by atoms with Crippen molar-refractivity contribution in [3.05, 3.63) is 29.8 Å². The van der Waals surface area contributed by atoms with Crippen LogP contribution in [0.5, 0.6) is 0 Å². The Bertz CT molecular complexity index is 959. The maximum absolute atomic E-state index is 12.6. The van der Waals surface area contributed by atoms with Crippen LogP contribution in [0.3, 0.4) is 0 Å². The molecule has 0 aromatic heterocycles. The van der Waals surface area contributed by atoms with Gasteiger partial charge in [-0.25, -0.2) is 0 Å². The van der Waals surface area contributed by atoms with Gasteiger partial charge in [0.25, 0.3) is 16.6 Å². The molecule has 5 unspecified atom stereocenters. The van der Waals surface area contributed by atoms with E-state index in [9.17, 15) is 13.5 Å². The predicted molar refractivity (Wildman–Crippen MR) is 164 cm³/mol. The van der Waals surface area contributed by atoms with Crippen molar-refractivity contribution in [2.75, 3.05) is 38.4 Å². The second kappa shape index (κ2) is 18.4. The average Bonchev–Trinajstić information content (AvgIpc) is 3.01. The van der Waals surface area contributed by atoms with E-state index in [4.69, 9.17) is 27.3 Å². The molecule has 0 saturated carbocycles. The Labute approximate surface area is 256 Å². The molecule has 9 nitrogen and oxygen atoms in total. The highest BCUT2D eigenvalue weighted by Gasteiger charge is 2.49. The third-order valence-electron chi connectivity index (χ3n) is 6.91. The summed E-state index contributed by atoms with van der Waals surface area (Å²) in [7, 11) is -2.27. The number of rotatable bonds is 18. The molecule has 1 saturated heterocycles. The molecule has 2 rings (SSSR count). The summed E-state index contributed by atoms with van der Waals surface area (Å²) in [5.41, 5.74) is -0.172. The van der Waals surface area contributed by atoms with Crippen LogP contribution in [-0.4, -0.2) is 75.3 Å². The zero-order valence-corrected chi connectivity index (χ0v) is 27.9. The molecule has 1 aromatic rings. The molecule has 0 aliphatic carbocycles. The van der Waals surface area contributed by atoms with Gasteiger partial charge in [-0.2, -0.15) is 8.42 Å². The summed E-state index contributed by atoms with van der Waals surface area (Å²) >= 11 is 3.02. The first-order valence-electron chi connectivity index (χ1n) is 14.5. The number of aliphatic hydroxyl groups is 1. The molecule has 1 heterocycles. The number of hydrogen-bond donors (Lipinski definition) is 1. The van der Waals surface area contributed by atoms with Crippen LogP contribution in [0.25, 0.3) is 0 Å². The van der Waals surface area contributed by atoms with Crippen LogP contribution in [-0.2, 0) is 37.4 Å². The minimum absolute atomic E-state index is 0.0583. The van der Waals surface area contributed by atoms with Crippen LogP contribution >= 0.6 is 23.8 Å². The van der Waals surface area contributed by atoms with Crippen molar-refractivity contribution < 1.29 is 40.8 Å². The lowest BCUT2D eigenvalue weighted by molar-refractivity contribution is -0.278. The molecule has 5 atom stereocenters. The maximum atomic E-state index is 12.6. The minimum atomic E-state index is -3.82. The molecule has 1 N–H and O–H groups in total. The van der Waals surface area contributed by atoms with E-state index in [0.717, 1.165) is 36.3 Å². The van der Waals surface area contributed by atoms with Gasteiger partial charge >= 0.3 is 0 Å². The fraction of sp³-hybridized carbons (Fsp3) is 0.793. The highest BCUT2D eigenvalue weighted by atomic mass is 32.2. The van der Waals surface area contributed by atoms with Crippen molar-refractivity contribution in [3.63, 3.8) is 0 Å². The maximum Gasteiger partial charge on any atom is 0.296 e. The van der Waals surface area contributed by atoms with Gasteiger partial charge in [-0.15, -0.1) is 11.8 Å². The molecule has 0 spiro atoms. The largest absolute Gasteiger partial charge is 0.386 e. The van der Waals surface area contributed by atoms with Crippen LogP contribution in [0.15, 0.2) is 29.2 Å². The standard InChI is InChI=1S/C29H50O9S3/c1-7-34-27(33-6)35-22-24(3)12-10-17-28(5,30)29(37-25(4)38-40-21-11-20-39-29)18-8-9-19-36-41(31,32)26-15-13-23(2)14-16-26/h13-16,24-25,27,30H,7-12,17-22H2,1-6H3. The Hall–Kier alpha value is -0.410. The lowest BCUT2D eigenvalue weighted by atomic mass is 9.87. The summed E-state index contributed by atoms with van der Waals surface area (Å²) in [5.74, 6) is 1.92. The summed E-state index contributed by atoms with van der Waals surface area (Å²) < 4.78 is 59.0. The van der Waals surface area contributed by atoms with Gasteiger partial charge in [0, 0.05) is 19.5 Å². The SMILES string of the molecule is CCOC(OC)OCC(C)CCCC(C)(O)C1(CCCCOS(=O)(=O)c2ccc(C)cc2)OC(C)OSCCCS1. The average molecular weight is 639 g/mol. The first-order chi connectivity index (χ1) is 19.4. The van der Waals surface area contributed by atoms with Crippen molar-refractivity contribution in [3.8, 4) is 0 Å². The van der Waals surface area contributed by atoms with E-state index in [2.05, 4.69) is 6.92 Å². The van der Waals surface area contributed by atoms with Crippen molar-refractivity contribution in [1.82, 2.24) is 0 Å². The Morgan fingerprint density at radius 2 is 1.90 bits per heavy atom. The molecular weight excluding hydrogens is 589 g/mol. The quantitative estimate of drug-likeness (QED) is 0.0850. The van der Waals surface area contributed by atoms with Crippen LogP contribution in [0.2, 0.25) is 0 Å². The lowest BCUT2D eigenvalue weighted by Crippen LogP contribution is -2.53. The molecule has 12 heteroatoms. The first-order valence-corrected chi connectivity index (χ1v) is 17.8. The van der Waals surface area contributed by atoms with E-state index >= 15 is 0 Å². The van der Waals surface area contributed by atoms with E-state index < -0.39 is 33.4 Å². The molecular formula is C29H50O9S3. The number of methoxy groups -OCH3 is 1. The Morgan fingerprint density at radius 1 is 1.17 bits per heavy atom. The van der Waals surface area contributed by atoms with E-state index in [1.54, 1.807) is 43.1 Å². The van der Waals surface area contributed by atoms with Gasteiger partial charge in [0.1, 0.15) is 10.5 Å². The molecule has 1 aromatic carbocycles. The highest BCUT2D eigenvalue weighted by Crippen LogP contribution is 2.46. The van der Waals surface area contributed by atoms with E-state index in [-0.39, 0.29) is 17.4 Å². The second-order valence-electron chi connectivity index (χ2n) is 10.7.